The van der Waals surface area contributed by atoms with Gasteiger partial charge in [-0.2, -0.15) is 5.26 Å². The number of anilines is 1. The Hall–Kier alpha value is -3.48. The van der Waals surface area contributed by atoms with E-state index in [0.29, 0.717) is 35.0 Å². The highest BCUT2D eigenvalue weighted by Crippen LogP contribution is 2.30. The highest BCUT2D eigenvalue weighted by atomic mass is 32.1. The number of nitriles is 1. The molecule has 9 heteroatoms. The van der Waals surface area contributed by atoms with E-state index < -0.39 is 0 Å². The monoisotopic (exact) mass is 493 g/mol. The molecule has 1 aliphatic rings. The van der Waals surface area contributed by atoms with Gasteiger partial charge in [-0.3, -0.25) is 19.1 Å². The van der Waals surface area contributed by atoms with E-state index in [0.717, 1.165) is 29.0 Å². The van der Waals surface area contributed by atoms with Gasteiger partial charge >= 0.3 is 0 Å². The third-order valence-electron chi connectivity index (χ3n) is 6.42. The largest absolute Gasteiger partial charge is 0.349 e. The lowest BCUT2D eigenvalue weighted by Gasteiger charge is -2.31. The van der Waals surface area contributed by atoms with Crippen molar-refractivity contribution in [1.82, 2.24) is 14.8 Å². The standard InChI is InChI=1S/C26H28FN5O2S/c1-16-4-9-23(35-16)26(34)29-20-10-12-31(13-11-20)15-24(33)30-25-22(14-28)17(2)18(3)32(25)21-7-5-19(27)6-8-21/h4-9,20H,10-13,15H2,1-3H3,(H,29,34)(H,30,33). The smallest absolute Gasteiger partial charge is 0.261 e. The molecular formula is C26H28FN5O2S. The SMILES string of the molecule is Cc1ccc(C(=O)NC2CCN(CC(=O)Nc3c(C#N)c(C)c(C)n3-c3ccc(F)cc3)CC2)s1. The minimum atomic E-state index is -0.355. The molecule has 0 unspecified atom stereocenters. The van der Waals surface area contributed by atoms with Crippen LogP contribution >= 0.6 is 11.3 Å². The molecule has 3 aromatic rings. The summed E-state index contributed by atoms with van der Waals surface area (Å²) in [5.74, 6) is -0.228. The Labute approximate surface area is 208 Å². The number of halogens is 1. The zero-order valence-electron chi connectivity index (χ0n) is 20.0. The lowest BCUT2D eigenvalue weighted by molar-refractivity contribution is -0.117. The number of rotatable bonds is 6. The van der Waals surface area contributed by atoms with Gasteiger partial charge in [0.05, 0.1) is 17.0 Å². The van der Waals surface area contributed by atoms with Crippen LogP contribution in [0, 0.1) is 37.9 Å². The summed E-state index contributed by atoms with van der Waals surface area (Å²) in [6.07, 6.45) is 1.52. The molecule has 0 bridgehead atoms. The Morgan fingerprint density at radius 3 is 2.40 bits per heavy atom. The van der Waals surface area contributed by atoms with Gasteiger partial charge < -0.3 is 10.6 Å². The summed E-state index contributed by atoms with van der Waals surface area (Å²) in [6.45, 7) is 7.23. The average Bonchev–Trinajstić information content (AvgIpc) is 3.37. The van der Waals surface area contributed by atoms with E-state index in [1.807, 2.05) is 37.8 Å². The third-order valence-corrected chi connectivity index (χ3v) is 7.42. The maximum absolute atomic E-state index is 13.5. The molecule has 1 saturated heterocycles. The topological polar surface area (TPSA) is 90.2 Å². The second-order valence-corrected chi connectivity index (χ2v) is 10.1. The molecule has 1 fully saturated rings. The van der Waals surface area contributed by atoms with Crippen molar-refractivity contribution < 1.29 is 14.0 Å². The fraction of sp³-hybridized carbons (Fsp3) is 0.346. The molecule has 35 heavy (non-hydrogen) atoms. The number of amides is 2. The van der Waals surface area contributed by atoms with Gasteiger partial charge in [0.15, 0.2) is 0 Å². The Kier molecular flexibility index (Phi) is 7.34. The maximum Gasteiger partial charge on any atom is 0.261 e. The van der Waals surface area contributed by atoms with Crippen LogP contribution in [0.2, 0.25) is 0 Å². The fourth-order valence-corrected chi connectivity index (χ4v) is 5.17. The molecule has 0 saturated carbocycles. The van der Waals surface area contributed by atoms with Crippen molar-refractivity contribution in [2.24, 2.45) is 0 Å². The van der Waals surface area contributed by atoms with Gasteiger partial charge in [-0.15, -0.1) is 11.3 Å². The van der Waals surface area contributed by atoms with Crippen LogP contribution in [0.3, 0.4) is 0 Å². The fourth-order valence-electron chi connectivity index (χ4n) is 4.40. The van der Waals surface area contributed by atoms with Gasteiger partial charge in [-0.1, -0.05) is 0 Å². The first-order valence-corrected chi connectivity index (χ1v) is 12.4. The van der Waals surface area contributed by atoms with E-state index in [1.54, 1.807) is 16.7 Å². The second-order valence-electron chi connectivity index (χ2n) is 8.84. The summed E-state index contributed by atoms with van der Waals surface area (Å²) in [5, 5.41) is 15.7. The Balaban J connectivity index is 1.39. The molecule has 1 aromatic carbocycles. The molecule has 2 N–H and O–H groups in total. The zero-order chi connectivity index (χ0) is 25.1. The quantitative estimate of drug-likeness (QED) is 0.536. The maximum atomic E-state index is 13.5. The highest BCUT2D eigenvalue weighted by Gasteiger charge is 2.25. The Bertz CT molecular complexity index is 1280. The first-order valence-electron chi connectivity index (χ1n) is 11.5. The molecule has 4 rings (SSSR count). The molecule has 7 nitrogen and oxygen atoms in total. The normalized spacial score (nSPS) is 14.5. The average molecular weight is 494 g/mol. The minimum absolute atomic E-state index is 0.0457. The van der Waals surface area contributed by atoms with E-state index in [9.17, 15) is 19.2 Å². The van der Waals surface area contributed by atoms with Crippen LogP contribution in [0.4, 0.5) is 10.2 Å². The van der Waals surface area contributed by atoms with Crippen LogP contribution in [-0.4, -0.2) is 47.0 Å². The van der Waals surface area contributed by atoms with Crippen molar-refractivity contribution >= 4 is 29.0 Å². The van der Waals surface area contributed by atoms with Crippen molar-refractivity contribution in [2.75, 3.05) is 25.0 Å². The number of nitrogens with zero attached hydrogens (tertiary/aromatic N) is 3. The van der Waals surface area contributed by atoms with Crippen molar-refractivity contribution in [2.45, 2.75) is 39.7 Å². The predicted molar refractivity (Wildman–Crippen MR) is 135 cm³/mol. The first kappa shape index (κ1) is 24.6. The molecule has 0 aliphatic carbocycles. The molecule has 3 heterocycles. The summed E-state index contributed by atoms with van der Waals surface area (Å²) in [5.41, 5.74) is 2.64. The van der Waals surface area contributed by atoms with Crippen molar-refractivity contribution in [3.8, 4) is 11.8 Å². The molecule has 0 atom stereocenters. The van der Waals surface area contributed by atoms with Crippen molar-refractivity contribution in [1.29, 1.82) is 5.26 Å². The van der Waals surface area contributed by atoms with Gasteiger partial charge in [0.1, 0.15) is 17.7 Å². The number of carbonyl (C=O) groups is 2. The minimum Gasteiger partial charge on any atom is -0.349 e. The molecule has 2 amide bonds. The van der Waals surface area contributed by atoms with Crippen LogP contribution in [0.25, 0.3) is 5.69 Å². The Morgan fingerprint density at radius 2 is 1.80 bits per heavy atom. The van der Waals surface area contributed by atoms with Crippen LogP contribution in [0.1, 0.15) is 44.2 Å². The number of likely N-dealkylation sites (tertiary alicyclic amines) is 1. The van der Waals surface area contributed by atoms with E-state index >= 15 is 0 Å². The first-order chi connectivity index (χ1) is 16.8. The molecule has 1 aliphatic heterocycles. The number of benzene rings is 1. The number of aromatic nitrogens is 1. The van der Waals surface area contributed by atoms with Crippen LogP contribution in [0.5, 0.6) is 0 Å². The van der Waals surface area contributed by atoms with Gasteiger partial charge in [0.2, 0.25) is 5.91 Å². The zero-order valence-corrected chi connectivity index (χ0v) is 20.8. The van der Waals surface area contributed by atoms with E-state index in [1.165, 1.54) is 23.5 Å². The Morgan fingerprint density at radius 1 is 1.11 bits per heavy atom. The van der Waals surface area contributed by atoms with Crippen LogP contribution in [0.15, 0.2) is 36.4 Å². The van der Waals surface area contributed by atoms with Gasteiger partial charge in [0, 0.05) is 35.4 Å². The van der Waals surface area contributed by atoms with Crippen molar-refractivity contribution in [3.05, 3.63) is 68.8 Å². The summed E-state index contributed by atoms with van der Waals surface area (Å²) >= 11 is 1.48. The summed E-state index contributed by atoms with van der Waals surface area (Å²) in [6, 6.07) is 12.0. The number of thiophene rings is 1. The van der Waals surface area contributed by atoms with Gasteiger partial charge in [0.25, 0.3) is 5.91 Å². The molecular weight excluding hydrogens is 465 g/mol. The number of hydrogen-bond donors (Lipinski definition) is 2. The van der Waals surface area contributed by atoms with Crippen molar-refractivity contribution in [3.63, 3.8) is 0 Å². The van der Waals surface area contributed by atoms with Gasteiger partial charge in [-0.25, -0.2) is 4.39 Å². The lowest BCUT2D eigenvalue weighted by atomic mass is 10.0. The number of nitrogens with one attached hydrogen (secondary N) is 2. The predicted octanol–water partition coefficient (Wildman–Crippen LogP) is 4.31. The molecule has 182 valence electrons. The highest BCUT2D eigenvalue weighted by molar-refractivity contribution is 7.13. The third kappa shape index (κ3) is 5.45. The van der Waals surface area contributed by atoms with Crippen LogP contribution < -0.4 is 10.6 Å². The number of aryl methyl sites for hydroxylation is 1. The van der Waals surface area contributed by atoms with E-state index in [4.69, 9.17) is 0 Å². The number of hydrogen-bond acceptors (Lipinski definition) is 5. The number of piperidine rings is 1. The molecule has 0 radical (unpaired) electrons. The molecule has 2 aromatic heterocycles. The summed E-state index contributed by atoms with van der Waals surface area (Å²) in [7, 11) is 0. The summed E-state index contributed by atoms with van der Waals surface area (Å²) in [4.78, 5) is 29.2. The second kappa shape index (κ2) is 10.4. The van der Waals surface area contributed by atoms with Crippen LogP contribution in [-0.2, 0) is 4.79 Å². The van der Waals surface area contributed by atoms with E-state index in [-0.39, 0.29) is 30.2 Å². The van der Waals surface area contributed by atoms with E-state index in [2.05, 4.69) is 16.7 Å². The summed E-state index contributed by atoms with van der Waals surface area (Å²) < 4.78 is 15.2. The molecule has 0 spiro atoms. The number of carbonyl (C=O) groups excluding carboxylic acids is 2. The van der Waals surface area contributed by atoms with Gasteiger partial charge in [-0.05, 0) is 75.6 Å². The lowest BCUT2D eigenvalue weighted by Crippen LogP contribution is -2.46.